The molecule has 0 amide bonds. The molecule has 1 aromatic rings. The largest absolute Gasteiger partial charge is 0.496 e. The number of benzene rings is 1. The lowest BCUT2D eigenvalue weighted by molar-refractivity contribution is -0.138. The molecule has 0 saturated carbocycles. The van der Waals surface area contributed by atoms with Gasteiger partial charge in [-0.2, -0.15) is 13.2 Å². The van der Waals surface area contributed by atoms with E-state index in [1.165, 1.54) is 0 Å². The highest BCUT2D eigenvalue weighted by Crippen LogP contribution is 2.41. The van der Waals surface area contributed by atoms with Gasteiger partial charge < -0.3 is 4.74 Å². The summed E-state index contributed by atoms with van der Waals surface area (Å²) in [5.74, 6) is -1.50. The number of hydrogen-bond acceptors (Lipinski definition) is 1. The summed E-state index contributed by atoms with van der Waals surface area (Å²) in [4.78, 5) is 0. The molecule has 0 aliphatic rings. The highest BCUT2D eigenvalue weighted by molar-refractivity contribution is 6.31. The van der Waals surface area contributed by atoms with Crippen LogP contribution in [0.25, 0.3) is 0 Å². The molecule has 0 aromatic heterocycles. The first-order chi connectivity index (χ1) is 6.36. The lowest BCUT2D eigenvalue weighted by Crippen LogP contribution is -2.08. The van der Waals surface area contributed by atoms with Crippen molar-refractivity contribution in [2.45, 2.75) is 6.18 Å². The highest BCUT2D eigenvalue weighted by Gasteiger charge is 2.37. The Balaban J connectivity index is 3.40. The first kappa shape index (κ1) is 11.1. The normalized spacial score (nSPS) is 11.6. The maximum Gasteiger partial charge on any atom is 0.421 e. The summed E-state index contributed by atoms with van der Waals surface area (Å²) in [6, 6.07) is 1.22. The van der Waals surface area contributed by atoms with Crippen molar-refractivity contribution in [1.29, 1.82) is 0 Å². The number of alkyl halides is 3. The van der Waals surface area contributed by atoms with Crippen LogP contribution in [0, 0.1) is 5.82 Å². The lowest BCUT2D eigenvalue weighted by atomic mass is 10.2. The standard InChI is InChI=1S/C8H5ClF4O/c1-14-6-3-4(10)2-5(9)7(6)8(11,12)13/h2-3H,1H3. The Morgan fingerprint density at radius 2 is 1.86 bits per heavy atom. The molecule has 0 radical (unpaired) electrons. The summed E-state index contributed by atoms with van der Waals surface area (Å²) in [5.41, 5.74) is -1.16. The fourth-order valence-corrected chi connectivity index (χ4v) is 1.29. The van der Waals surface area contributed by atoms with E-state index in [1.807, 2.05) is 0 Å². The molecule has 0 aliphatic carbocycles. The molecule has 0 fully saturated rings. The first-order valence-corrected chi connectivity index (χ1v) is 3.84. The van der Waals surface area contributed by atoms with Gasteiger partial charge in [-0.3, -0.25) is 0 Å². The van der Waals surface area contributed by atoms with Crippen LogP contribution in [0.15, 0.2) is 12.1 Å². The quantitative estimate of drug-likeness (QED) is 0.669. The van der Waals surface area contributed by atoms with Crippen molar-refractivity contribution in [3.8, 4) is 5.75 Å². The summed E-state index contributed by atoms with van der Waals surface area (Å²) in [7, 11) is 1.01. The second kappa shape index (κ2) is 3.65. The van der Waals surface area contributed by atoms with Gasteiger partial charge >= 0.3 is 6.18 Å². The van der Waals surface area contributed by atoms with Gasteiger partial charge in [-0.15, -0.1) is 0 Å². The zero-order valence-electron chi connectivity index (χ0n) is 6.95. The van der Waals surface area contributed by atoms with Gasteiger partial charge in [0, 0.05) is 6.07 Å². The third-order valence-electron chi connectivity index (χ3n) is 1.52. The molecule has 0 aliphatic heterocycles. The van der Waals surface area contributed by atoms with Crippen molar-refractivity contribution in [2.75, 3.05) is 7.11 Å². The van der Waals surface area contributed by atoms with E-state index in [0.29, 0.717) is 12.1 Å². The van der Waals surface area contributed by atoms with Gasteiger partial charge in [-0.1, -0.05) is 11.6 Å². The Bertz CT molecular complexity index is 348. The Labute approximate surface area is 82.2 Å². The Morgan fingerprint density at radius 1 is 1.29 bits per heavy atom. The number of hydrogen-bond donors (Lipinski definition) is 0. The molecule has 78 valence electrons. The molecule has 6 heteroatoms. The average Bonchev–Trinajstić information content (AvgIpc) is 1.99. The van der Waals surface area contributed by atoms with Crippen molar-refractivity contribution < 1.29 is 22.3 Å². The molecule has 0 saturated heterocycles. The maximum absolute atomic E-state index is 12.7. The zero-order valence-corrected chi connectivity index (χ0v) is 7.71. The van der Waals surface area contributed by atoms with Gasteiger partial charge in [0.25, 0.3) is 0 Å². The Hall–Kier alpha value is -0.970. The third-order valence-corrected chi connectivity index (χ3v) is 1.82. The van der Waals surface area contributed by atoms with E-state index >= 15 is 0 Å². The predicted octanol–water partition coefficient (Wildman–Crippen LogP) is 3.51. The molecule has 0 bridgehead atoms. The van der Waals surface area contributed by atoms with Crippen LogP contribution in [0.2, 0.25) is 5.02 Å². The second-order valence-corrected chi connectivity index (χ2v) is 2.87. The minimum atomic E-state index is -4.66. The van der Waals surface area contributed by atoms with E-state index in [2.05, 4.69) is 4.74 Å². The van der Waals surface area contributed by atoms with E-state index < -0.39 is 28.3 Å². The number of halogens is 5. The van der Waals surface area contributed by atoms with E-state index in [-0.39, 0.29) is 0 Å². The van der Waals surface area contributed by atoms with Crippen molar-refractivity contribution in [2.24, 2.45) is 0 Å². The Morgan fingerprint density at radius 3 is 2.29 bits per heavy atom. The van der Waals surface area contributed by atoms with Gasteiger partial charge in [0.2, 0.25) is 0 Å². The summed E-state index contributed by atoms with van der Waals surface area (Å²) >= 11 is 5.26. The number of rotatable bonds is 1. The summed E-state index contributed by atoms with van der Waals surface area (Å²) in [5, 5.41) is -0.714. The molecule has 0 atom stereocenters. The van der Waals surface area contributed by atoms with Gasteiger partial charge in [0.1, 0.15) is 17.1 Å². The SMILES string of the molecule is COc1cc(F)cc(Cl)c1C(F)(F)F. The van der Waals surface area contributed by atoms with Crippen LogP contribution in [0.5, 0.6) is 5.75 Å². The average molecular weight is 229 g/mol. The summed E-state index contributed by atoms with van der Waals surface area (Å²) < 4.78 is 54.1. The highest BCUT2D eigenvalue weighted by atomic mass is 35.5. The molecular weight excluding hydrogens is 224 g/mol. The third kappa shape index (κ3) is 2.09. The van der Waals surface area contributed by atoms with Crippen LogP contribution >= 0.6 is 11.6 Å². The van der Waals surface area contributed by atoms with Crippen molar-refractivity contribution in [3.05, 3.63) is 28.5 Å². The van der Waals surface area contributed by atoms with E-state index in [0.717, 1.165) is 7.11 Å². The van der Waals surface area contributed by atoms with Crippen molar-refractivity contribution >= 4 is 11.6 Å². The van der Waals surface area contributed by atoms with Crippen LogP contribution in [0.3, 0.4) is 0 Å². The van der Waals surface area contributed by atoms with E-state index in [9.17, 15) is 17.6 Å². The topological polar surface area (TPSA) is 9.23 Å². The van der Waals surface area contributed by atoms with Crippen LogP contribution in [-0.4, -0.2) is 7.11 Å². The summed E-state index contributed by atoms with van der Waals surface area (Å²) in [6.07, 6.45) is -4.66. The summed E-state index contributed by atoms with van der Waals surface area (Å²) in [6.45, 7) is 0. The lowest BCUT2D eigenvalue weighted by Gasteiger charge is -2.13. The molecule has 0 spiro atoms. The van der Waals surface area contributed by atoms with Gasteiger partial charge in [-0.25, -0.2) is 4.39 Å². The van der Waals surface area contributed by atoms with Crippen molar-refractivity contribution in [1.82, 2.24) is 0 Å². The van der Waals surface area contributed by atoms with Gasteiger partial charge in [0.15, 0.2) is 0 Å². The minimum Gasteiger partial charge on any atom is -0.496 e. The molecule has 0 unspecified atom stereocenters. The van der Waals surface area contributed by atoms with Gasteiger partial charge in [-0.05, 0) is 6.07 Å². The molecular formula is C8H5ClF4O. The molecule has 1 aromatic carbocycles. The van der Waals surface area contributed by atoms with Crippen molar-refractivity contribution in [3.63, 3.8) is 0 Å². The molecule has 0 N–H and O–H groups in total. The zero-order chi connectivity index (χ0) is 10.9. The molecule has 1 rings (SSSR count). The first-order valence-electron chi connectivity index (χ1n) is 3.46. The number of methoxy groups -OCH3 is 1. The Kier molecular flexibility index (Phi) is 2.89. The van der Waals surface area contributed by atoms with Crippen LogP contribution in [0.4, 0.5) is 17.6 Å². The van der Waals surface area contributed by atoms with Crippen LogP contribution in [-0.2, 0) is 6.18 Å². The van der Waals surface area contributed by atoms with Crippen LogP contribution in [0.1, 0.15) is 5.56 Å². The molecule has 14 heavy (non-hydrogen) atoms. The fraction of sp³-hybridized carbons (Fsp3) is 0.250. The van der Waals surface area contributed by atoms with E-state index in [1.54, 1.807) is 0 Å². The maximum atomic E-state index is 12.7. The van der Waals surface area contributed by atoms with E-state index in [4.69, 9.17) is 11.6 Å². The minimum absolute atomic E-state index is 0.590. The predicted molar refractivity (Wildman–Crippen MR) is 43.0 cm³/mol. The molecule has 1 nitrogen and oxygen atoms in total. The number of ether oxygens (including phenoxy) is 1. The smallest absolute Gasteiger partial charge is 0.421 e. The second-order valence-electron chi connectivity index (χ2n) is 2.46. The fourth-order valence-electron chi connectivity index (χ4n) is 0.986. The van der Waals surface area contributed by atoms with Crippen LogP contribution < -0.4 is 4.74 Å². The molecule has 0 heterocycles. The van der Waals surface area contributed by atoms with Gasteiger partial charge in [0.05, 0.1) is 12.1 Å². The monoisotopic (exact) mass is 228 g/mol.